The molecule has 16 heavy (non-hydrogen) atoms. The highest BCUT2D eigenvalue weighted by Gasteiger charge is 2.05. The summed E-state index contributed by atoms with van der Waals surface area (Å²) in [5.41, 5.74) is 1.91. The van der Waals surface area contributed by atoms with Crippen LogP contribution in [0.2, 0.25) is 10.0 Å². The molecule has 0 atom stereocenters. The molecular weight excluding hydrogens is 243 g/mol. The van der Waals surface area contributed by atoms with Gasteiger partial charge in [-0.25, -0.2) is 0 Å². The highest BCUT2D eigenvalue weighted by atomic mass is 35.5. The summed E-state index contributed by atoms with van der Waals surface area (Å²) in [5.74, 6) is 0.684. The number of hydrogen-bond donors (Lipinski definition) is 0. The van der Waals surface area contributed by atoms with Crippen LogP contribution in [0.4, 0.5) is 0 Å². The average molecular weight is 252 g/mol. The molecule has 0 bridgehead atoms. The molecule has 1 nitrogen and oxygen atoms in total. The van der Waals surface area contributed by atoms with Crippen LogP contribution in [0.3, 0.4) is 0 Å². The zero-order valence-electron chi connectivity index (χ0n) is 8.63. The fourth-order valence-electron chi connectivity index (χ4n) is 1.45. The summed E-state index contributed by atoms with van der Waals surface area (Å²) in [6.45, 7) is 0. The Morgan fingerprint density at radius 1 is 1.12 bits per heavy atom. The van der Waals surface area contributed by atoms with E-state index in [2.05, 4.69) is 6.07 Å². The van der Waals surface area contributed by atoms with Gasteiger partial charge in [0.2, 0.25) is 0 Å². The van der Waals surface area contributed by atoms with Gasteiger partial charge in [0.15, 0.2) is 0 Å². The van der Waals surface area contributed by atoms with Crippen molar-refractivity contribution in [1.29, 1.82) is 0 Å². The van der Waals surface area contributed by atoms with Crippen molar-refractivity contribution in [2.75, 3.05) is 7.11 Å². The van der Waals surface area contributed by atoms with Crippen molar-refractivity contribution in [2.45, 2.75) is 0 Å². The number of methoxy groups -OCH3 is 1. The molecule has 3 heteroatoms. The Hall–Kier alpha value is -1.18. The van der Waals surface area contributed by atoms with Gasteiger partial charge in [-0.3, -0.25) is 0 Å². The van der Waals surface area contributed by atoms with Crippen molar-refractivity contribution in [2.24, 2.45) is 0 Å². The van der Waals surface area contributed by atoms with Crippen molar-refractivity contribution in [3.63, 3.8) is 0 Å². The number of ether oxygens (including phenoxy) is 1. The summed E-state index contributed by atoms with van der Waals surface area (Å²) < 4.78 is 5.12. The zero-order chi connectivity index (χ0) is 11.5. The number of hydrogen-bond acceptors (Lipinski definition) is 1. The summed E-state index contributed by atoms with van der Waals surface area (Å²) in [6.07, 6.45) is 0. The largest absolute Gasteiger partial charge is 0.496 e. The fourth-order valence-corrected chi connectivity index (χ4v) is 1.97. The lowest BCUT2D eigenvalue weighted by atomic mass is 10.1. The van der Waals surface area contributed by atoms with Crippen LogP contribution < -0.4 is 4.74 Å². The SMILES string of the molecule is COc1[c]ccc(-c2ccc(Cl)cc2Cl)c1. The Labute approximate surface area is 105 Å². The Bertz CT molecular complexity index is 509. The molecule has 0 saturated heterocycles. The van der Waals surface area contributed by atoms with Crippen LogP contribution in [-0.4, -0.2) is 7.11 Å². The van der Waals surface area contributed by atoms with Gasteiger partial charge in [0.1, 0.15) is 5.75 Å². The monoisotopic (exact) mass is 251 g/mol. The predicted molar refractivity (Wildman–Crippen MR) is 67.3 cm³/mol. The lowest BCUT2D eigenvalue weighted by molar-refractivity contribution is 0.414. The van der Waals surface area contributed by atoms with Crippen molar-refractivity contribution >= 4 is 23.2 Å². The second kappa shape index (κ2) is 4.77. The normalized spacial score (nSPS) is 10.2. The Balaban J connectivity index is 2.49. The summed E-state index contributed by atoms with van der Waals surface area (Å²) in [4.78, 5) is 0. The van der Waals surface area contributed by atoms with Gasteiger partial charge in [-0.2, -0.15) is 0 Å². The van der Waals surface area contributed by atoms with E-state index >= 15 is 0 Å². The van der Waals surface area contributed by atoms with Crippen LogP contribution in [0.15, 0.2) is 36.4 Å². The maximum absolute atomic E-state index is 6.12. The molecule has 0 unspecified atom stereocenters. The van der Waals surface area contributed by atoms with Gasteiger partial charge < -0.3 is 4.74 Å². The van der Waals surface area contributed by atoms with Crippen molar-refractivity contribution in [3.8, 4) is 16.9 Å². The minimum Gasteiger partial charge on any atom is -0.496 e. The molecule has 0 aromatic heterocycles. The molecule has 0 aliphatic rings. The number of benzene rings is 2. The highest BCUT2D eigenvalue weighted by Crippen LogP contribution is 2.31. The average Bonchev–Trinajstić information content (AvgIpc) is 2.29. The van der Waals surface area contributed by atoms with Crippen LogP contribution in [0.25, 0.3) is 11.1 Å². The lowest BCUT2D eigenvalue weighted by Gasteiger charge is -2.06. The van der Waals surface area contributed by atoms with E-state index in [1.807, 2.05) is 24.3 Å². The van der Waals surface area contributed by atoms with E-state index in [-0.39, 0.29) is 0 Å². The summed E-state index contributed by atoms with van der Waals surface area (Å²) in [6, 6.07) is 14.0. The molecule has 0 heterocycles. The molecule has 2 rings (SSSR count). The molecule has 0 spiro atoms. The Morgan fingerprint density at radius 2 is 1.94 bits per heavy atom. The van der Waals surface area contributed by atoms with E-state index in [4.69, 9.17) is 27.9 Å². The highest BCUT2D eigenvalue weighted by molar-refractivity contribution is 6.36. The van der Waals surface area contributed by atoms with Crippen LogP contribution in [-0.2, 0) is 0 Å². The quantitative estimate of drug-likeness (QED) is 0.766. The van der Waals surface area contributed by atoms with E-state index in [9.17, 15) is 0 Å². The third-order valence-electron chi connectivity index (χ3n) is 2.24. The minimum atomic E-state index is 0.626. The smallest absolute Gasteiger partial charge is 0.127 e. The first-order valence-electron chi connectivity index (χ1n) is 4.72. The maximum Gasteiger partial charge on any atom is 0.127 e. The van der Waals surface area contributed by atoms with Crippen molar-refractivity contribution in [1.82, 2.24) is 0 Å². The Morgan fingerprint density at radius 3 is 2.62 bits per heavy atom. The van der Waals surface area contributed by atoms with Crippen LogP contribution in [0.1, 0.15) is 0 Å². The van der Waals surface area contributed by atoms with E-state index in [1.165, 1.54) is 0 Å². The Kier molecular flexibility index (Phi) is 3.37. The van der Waals surface area contributed by atoms with E-state index in [0.29, 0.717) is 15.8 Å². The second-order valence-electron chi connectivity index (χ2n) is 3.27. The van der Waals surface area contributed by atoms with Crippen LogP contribution >= 0.6 is 23.2 Å². The second-order valence-corrected chi connectivity index (χ2v) is 4.11. The first kappa shape index (κ1) is 11.3. The van der Waals surface area contributed by atoms with Crippen molar-refractivity contribution < 1.29 is 4.74 Å². The zero-order valence-corrected chi connectivity index (χ0v) is 10.1. The molecule has 1 radical (unpaired) electrons. The topological polar surface area (TPSA) is 9.23 Å². The number of halogens is 2. The molecular formula is C13H9Cl2O. The first-order chi connectivity index (χ1) is 7.70. The summed E-state index contributed by atoms with van der Waals surface area (Å²) in [5, 5.41) is 1.25. The van der Waals surface area contributed by atoms with Gasteiger partial charge in [0.05, 0.1) is 7.11 Å². The molecule has 81 valence electrons. The van der Waals surface area contributed by atoms with Gasteiger partial charge in [-0.1, -0.05) is 35.3 Å². The van der Waals surface area contributed by atoms with Crippen LogP contribution in [0, 0.1) is 6.07 Å². The fraction of sp³-hybridized carbons (Fsp3) is 0.0769. The van der Waals surface area contributed by atoms with Gasteiger partial charge in [0, 0.05) is 21.7 Å². The molecule has 2 aromatic carbocycles. The molecule has 0 aliphatic carbocycles. The van der Waals surface area contributed by atoms with Gasteiger partial charge in [0.25, 0.3) is 0 Å². The lowest BCUT2D eigenvalue weighted by Crippen LogP contribution is -1.84. The van der Waals surface area contributed by atoms with Gasteiger partial charge in [-0.05, 0) is 29.8 Å². The predicted octanol–water partition coefficient (Wildman–Crippen LogP) is 4.47. The molecule has 2 aromatic rings. The van der Waals surface area contributed by atoms with Gasteiger partial charge >= 0.3 is 0 Å². The maximum atomic E-state index is 6.12. The third kappa shape index (κ3) is 2.31. The van der Waals surface area contributed by atoms with Crippen LogP contribution in [0.5, 0.6) is 5.75 Å². The van der Waals surface area contributed by atoms with E-state index < -0.39 is 0 Å². The molecule has 0 N–H and O–H groups in total. The minimum absolute atomic E-state index is 0.626. The standard InChI is InChI=1S/C13H9Cl2O/c1-16-11-4-2-3-9(7-11)12-6-5-10(14)8-13(12)15/h2-3,5-8H,1H3. The number of rotatable bonds is 2. The first-order valence-corrected chi connectivity index (χ1v) is 5.47. The molecule has 0 aliphatic heterocycles. The summed E-state index contributed by atoms with van der Waals surface area (Å²) in [7, 11) is 1.61. The van der Waals surface area contributed by atoms with E-state index in [0.717, 1.165) is 11.1 Å². The molecule has 0 amide bonds. The molecule has 0 fully saturated rings. The third-order valence-corrected chi connectivity index (χ3v) is 2.78. The molecule has 0 saturated carbocycles. The van der Waals surface area contributed by atoms with Crippen molar-refractivity contribution in [3.05, 3.63) is 52.5 Å². The van der Waals surface area contributed by atoms with E-state index in [1.54, 1.807) is 19.2 Å². The van der Waals surface area contributed by atoms with Gasteiger partial charge in [-0.15, -0.1) is 0 Å². The summed E-state index contributed by atoms with van der Waals surface area (Å²) >= 11 is 12.0.